The van der Waals surface area contributed by atoms with E-state index < -0.39 is 0 Å². The van der Waals surface area contributed by atoms with Crippen LogP contribution in [0.4, 0.5) is 0 Å². The summed E-state index contributed by atoms with van der Waals surface area (Å²) in [7, 11) is 3.19. The van der Waals surface area contributed by atoms with Crippen LogP contribution < -0.4 is 9.47 Å². The number of nitriles is 1. The molecule has 1 aromatic heterocycles. The molecule has 6 nitrogen and oxygen atoms in total. The predicted octanol–water partition coefficient (Wildman–Crippen LogP) is 1.98. The second-order valence-corrected chi connectivity index (χ2v) is 4.53. The largest absolute Gasteiger partial charge is 0.496 e. The minimum absolute atomic E-state index is 0.142. The first kappa shape index (κ1) is 13.4. The highest BCUT2D eigenvalue weighted by molar-refractivity contribution is 9.10. The van der Waals surface area contributed by atoms with Gasteiger partial charge in [0.15, 0.2) is 0 Å². The maximum absolute atomic E-state index is 8.70. The number of benzene rings is 1. The molecule has 0 N–H and O–H groups in total. The van der Waals surface area contributed by atoms with Gasteiger partial charge >= 0.3 is 0 Å². The van der Waals surface area contributed by atoms with E-state index in [1.807, 2.05) is 18.2 Å². The highest BCUT2D eigenvalue weighted by Crippen LogP contribution is 2.33. The first-order valence-corrected chi connectivity index (χ1v) is 6.17. The predicted molar refractivity (Wildman–Crippen MR) is 71.1 cm³/mol. The maximum Gasteiger partial charge on any atom is 0.252 e. The van der Waals surface area contributed by atoms with Crippen molar-refractivity contribution in [1.82, 2.24) is 14.8 Å². The van der Waals surface area contributed by atoms with E-state index in [9.17, 15) is 0 Å². The highest BCUT2D eigenvalue weighted by atomic mass is 79.9. The average Bonchev–Trinajstić information content (AvgIpc) is 2.88. The summed E-state index contributed by atoms with van der Waals surface area (Å²) in [5.74, 6) is 1.56. The zero-order chi connectivity index (χ0) is 13.8. The monoisotopic (exact) mass is 322 g/mol. The van der Waals surface area contributed by atoms with Crippen molar-refractivity contribution in [3.8, 4) is 17.6 Å². The van der Waals surface area contributed by atoms with E-state index in [0.29, 0.717) is 18.0 Å². The third kappa shape index (κ3) is 2.85. The molecule has 0 aliphatic rings. The standard InChI is InChI=1S/C12H11BrN4O2/c1-18-10-4-9(13)11(19-2)3-8(10)6-17-7-15-12(5-14)16-17/h3-4,7H,6H2,1-2H3. The lowest BCUT2D eigenvalue weighted by atomic mass is 10.2. The van der Waals surface area contributed by atoms with Crippen LogP contribution in [-0.2, 0) is 6.54 Å². The van der Waals surface area contributed by atoms with Crippen molar-refractivity contribution in [3.05, 3.63) is 34.3 Å². The lowest BCUT2D eigenvalue weighted by Crippen LogP contribution is -2.03. The van der Waals surface area contributed by atoms with Gasteiger partial charge in [-0.2, -0.15) is 5.26 Å². The van der Waals surface area contributed by atoms with E-state index >= 15 is 0 Å². The Bertz CT molecular complexity index is 633. The first-order chi connectivity index (χ1) is 9.17. The highest BCUT2D eigenvalue weighted by Gasteiger charge is 2.11. The molecule has 0 spiro atoms. The Kier molecular flexibility index (Phi) is 4.02. The van der Waals surface area contributed by atoms with E-state index in [0.717, 1.165) is 10.0 Å². The first-order valence-electron chi connectivity index (χ1n) is 5.38. The molecule has 0 amide bonds. The van der Waals surface area contributed by atoms with Gasteiger partial charge in [-0.3, -0.25) is 0 Å². The third-order valence-electron chi connectivity index (χ3n) is 2.52. The summed E-state index contributed by atoms with van der Waals surface area (Å²) in [6.45, 7) is 0.446. The molecule has 7 heteroatoms. The Morgan fingerprint density at radius 3 is 2.63 bits per heavy atom. The van der Waals surface area contributed by atoms with Crippen molar-refractivity contribution >= 4 is 15.9 Å². The van der Waals surface area contributed by atoms with Gasteiger partial charge in [0.25, 0.3) is 5.82 Å². The van der Waals surface area contributed by atoms with E-state index in [1.54, 1.807) is 18.9 Å². The van der Waals surface area contributed by atoms with Crippen LogP contribution in [0.5, 0.6) is 11.5 Å². The van der Waals surface area contributed by atoms with Crippen LogP contribution in [0.25, 0.3) is 0 Å². The molecule has 98 valence electrons. The normalized spacial score (nSPS) is 10.0. The summed E-state index contributed by atoms with van der Waals surface area (Å²) in [5, 5.41) is 12.7. The van der Waals surface area contributed by atoms with Gasteiger partial charge in [-0.15, -0.1) is 5.10 Å². The van der Waals surface area contributed by atoms with Gasteiger partial charge in [-0.05, 0) is 28.1 Å². The molecule has 0 aliphatic heterocycles. The van der Waals surface area contributed by atoms with Gasteiger partial charge in [-0.1, -0.05) is 0 Å². The average molecular weight is 323 g/mol. The van der Waals surface area contributed by atoms with Crippen LogP contribution >= 0.6 is 15.9 Å². The molecule has 0 bridgehead atoms. The summed E-state index contributed by atoms with van der Waals surface area (Å²) < 4.78 is 13.0. The van der Waals surface area contributed by atoms with Crippen LogP contribution in [0, 0.1) is 11.3 Å². The Hall–Kier alpha value is -2.07. The number of ether oxygens (including phenoxy) is 2. The number of nitrogens with zero attached hydrogens (tertiary/aromatic N) is 4. The van der Waals surface area contributed by atoms with Crippen LogP contribution in [0.1, 0.15) is 11.4 Å². The van der Waals surface area contributed by atoms with E-state index in [2.05, 4.69) is 26.0 Å². The number of hydrogen-bond donors (Lipinski definition) is 0. The quantitative estimate of drug-likeness (QED) is 0.860. The summed E-state index contributed by atoms with van der Waals surface area (Å²) in [4.78, 5) is 3.86. The number of aromatic nitrogens is 3. The second kappa shape index (κ2) is 5.71. The number of rotatable bonds is 4. The summed E-state index contributed by atoms with van der Waals surface area (Å²) in [6, 6.07) is 5.57. The van der Waals surface area contributed by atoms with Crippen molar-refractivity contribution in [2.75, 3.05) is 14.2 Å². The minimum Gasteiger partial charge on any atom is -0.496 e. The molecule has 19 heavy (non-hydrogen) atoms. The van der Waals surface area contributed by atoms with Crippen molar-refractivity contribution < 1.29 is 9.47 Å². The van der Waals surface area contributed by atoms with Gasteiger partial charge in [0.1, 0.15) is 23.9 Å². The number of halogens is 1. The van der Waals surface area contributed by atoms with Crippen LogP contribution in [-0.4, -0.2) is 29.0 Å². The summed E-state index contributed by atoms with van der Waals surface area (Å²) >= 11 is 3.40. The van der Waals surface area contributed by atoms with Gasteiger partial charge in [-0.25, -0.2) is 9.67 Å². The van der Waals surface area contributed by atoms with Crippen LogP contribution in [0.2, 0.25) is 0 Å². The molecular weight excluding hydrogens is 312 g/mol. The molecular formula is C12H11BrN4O2. The topological polar surface area (TPSA) is 73.0 Å². The van der Waals surface area contributed by atoms with Crippen molar-refractivity contribution in [2.45, 2.75) is 6.54 Å². The fraction of sp³-hybridized carbons (Fsp3) is 0.250. The fourth-order valence-electron chi connectivity index (χ4n) is 1.64. The lowest BCUT2D eigenvalue weighted by Gasteiger charge is -2.12. The zero-order valence-electron chi connectivity index (χ0n) is 10.4. The Morgan fingerprint density at radius 1 is 1.32 bits per heavy atom. The number of methoxy groups -OCH3 is 2. The Labute approximate surface area is 118 Å². The van der Waals surface area contributed by atoms with Crippen molar-refractivity contribution in [1.29, 1.82) is 5.26 Å². The zero-order valence-corrected chi connectivity index (χ0v) is 12.0. The van der Waals surface area contributed by atoms with E-state index in [1.165, 1.54) is 6.33 Å². The number of hydrogen-bond acceptors (Lipinski definition) is 5. The van der Waals surface area contributed by atoms with E-state index in [4.69, 9.17) is 14.7 Å². The second-order valence-electron chi connectivity index (χ2n) is 3.68. The molecule has 0 saturated heterocycles. The third-order valence-corrected chi connectivity index (χ3v) is 3.14. The molecule has 2 aromatic rings. The fourth-order valence-corrected chi connectivity index (χ4v) is 2.13. The maximum atomic E-state index is 8.70. The smallest absolute Gasteiger partial charge is 0.252 e. The van der Waals surface area contributed by atoms with Crippen LogP contribution in [0.3, 0.4) is 0 Å². The molecule has 1 aromatic carbocycles. The molecule has 0 saturated carbocycles. The van der Waals surface area contributed by atoms with Crippen molar-refractivity contribution in [2.24, 2.45) is 0 Å². The van der Waals surface area contributed by atoms with Gasteiger partial charge in [0, 0.05) is 5.56 Å². The van der Waals surface area contributed by atoms with Gasteiger partial charge in [0.2, 0.25) is 0 Å². The van der Waals surface area contributed by atoms with Crippen molar-refractivity contribution in [3.63, 3.8) is 0 Å². The summed E-state index contributed by atoms with van der Waals surface area (Å²) in [6.07, 6.45) is 1.51. The molecule has 0 fully saturated rings. The minimum atomic E-state index is 0.142. The molecule has 2 rings (SSSR count). The SMILES string of the molecule is COc1cc(Cn2cnc(C#N)n2)c(OC)cc1Br. The Balaban J connectivity index is 2.35. The lowest BCUT2D eigenvalue weighted by molar-refractivity contribution is 0.395. The molecule has 1 heterocycles. The van der Waals surface area contributed by atoms with Gasteiger partial charge < -0.3 is 9.47 Å². The molecule has 0 aliphatic carbocycles. The Morgan fingerprint density at radius 2 is 2.05 bits per heavy atom. The molecule has 0 atom stereocenters. The van der Waals surface area contributed by atoms with Gasteiger partial charge in [0.05, 0.1) is 25.2 Å². The van der Waals surface area contributed by atoms with E-state index in [-0.39, 0.29) is 5.82 Å². The summed E-state index contributed by atoms with van der Waals surface area (Å²) in [5.41, 5.74) is 0.886. The van der Waals surface area contributed by atoms with Crippen LogP contribution in [0.15, 0.2) is 22.9 Å². The molecule has 0 radical (unpaired) electrons. The molecule has 0 unspecified atom stereocenters.